The molecule has 0 unspecified atom stereocenters. The van der Waals surface area contributed by atoms with Crippen LogP contribution in [-0.4, -0.2) is 42.4 Å². The first kappa shape index (κ1) is 36.9. The first-order chi connectivity index (χ1) is 23.8. The zero-order valence-electron chi connectivity index (χ0n) is 30.1. The van der Waals surface area contributed by atoms with Gasteiger partial charge in [0.1, 0.15) is 11.6 Å². The Bertz CT molecular complexity index is 1840. The van der Waals surface area contributed by atoms with Crippen molar-refractivity contribution in [3.8, 4) is 34.0 Å². The normalized spacial score (nSPS) is 19.0. The van der Waals surface area contributed by atoms with Crippen molar-refractivity contribution in [2.45, 2.75) is 84.7 Å². The summed E-state index contributed by atoms with van der Waals surface area (Å²) < 4.78 is 44.2. The summed E-state index contributed by atoms with van der Waals surface area (Å²) in [5.41, 5.74) is 6.25. The third kappa shape index (κ3) is 7.68. The van der Waals surface area contributed by atoms with Gasteiger partial charge in [-0.25, -0.2) is 23.5 Å². The van der Waals surface area contributed by atoms with Crippen LogP contribution in [0.25, 0.3) is 22.3 Å². The number of carbonyl (C=O) groups excluding carboxylic acids is 1. The maximum absolute atomic E-state index is 14.6. The quantitative estimate of drug-likeness (QED) is 0.185. The van der Waals surface area contributed by atoms with Gasteiger partial charge in [0.2, 0.25) is 11.8 Å². The van der Waals surface area contributed by atoms with E-state index in [9.17, 15) is 18.7 Å². The molecule has 2 heterocycles. The lowest BCUT2D eigenvalue weighted by Gasteiger charge is -2.29. The first-order valence-corrected chi connectivity index (χ1v) is 17.2. The SMILES string of the molecule is COC(=O)c1ccc(-c2cc(OC)ncc2F)c([C@@H]2CCCC2(C)C)c1.COc1cc(-c2ccc(CO)cc2[C@@H]2CCCC2(C)C)c(F)cn1. The van der Waals surface area contributed by atoms with Crippen LogP contribution in [-0.2, 0) is 11.3 Å². The van der Waals surface area contributed by atoms with Gasteiger partial charge in [-0.3, -0.25) is 0 Å². The van der Waals surface area contributed by atoms with E-state index in [1.165, 1.54) is 40.1 Å². The van der Waals surface area contributed by atoms with Gasteiger partial charge in [0.15, 0.2) is 0 Å². The van der Waals surface area contributed by atoms with E-state index in [0.717, 1.165) is 59.9 Å². The molecule has 0 aliphatic heterocycles. The van der Waals surface area contributed by atoms with Gasteiger partial charge in [-0.15, -0.1) is 0 Å². The Balaban J connectivity index is 0.000000195. The number of halogens is 2. The third-order valence-corrected chi connectivity index (χ3v) is 10.7. The number of aliphatic hydroxyl groups is 1. The molecule has 4 aromatic rings. The monoisotopic (exact) mass is 686 g/mol. The van der Waals surface area contributed by atoms with Crippen molar-refractivity contribution in [2.24, 2.45) is 10.8 Å². The minimum atomic E-state index is -0.409. The maximum atomic E-state index is 14.6. The van der Waals surface area contributed by atoms with Crippen molar-refractivity contribution in [2.75, 3.05) is 21.3 Å². The summed E-state index contributed by atoms with van der Waals surface area (Å²) in [5, 5.41) is 9.53. The molecule has 7 nitrogen and oxygen atoms in total. The zero-order valence-corrected chi connectivity index (χ0v) is 30.1. The van der Waals surface area contributed by atoms with Crippen LogP contribution in [0, 0.1) is 22.5 Å². The molecular weight excluding hydrogens is 638 g/mol. The van der Waals surface area contributed by atoms with E-state index in [1.807, 2.05) is 24.3 Å². The molecule has 6 rings (SSSR count). The molecule has 0 saturated heterocycles. The van der Waals surface area contributed by atoms with Crippen molar-refractivity contribution in [3.05, 3.63) is 94.8 Å². The van der Waals surface area contributed by atoms with Gasteiger partial charge in [-0.05, 0) is 88.3 Å². The summed E-state index contributed by atoms with van der Waals surface area (Å²) in [7, 11) is 4.40. The van der Waals surface area contributed by atoms with Crippen LogP contribution in [0.4, 0.5) is 8.78 Å². The molecule has 2 aliphatic rings. The molecule has 9 heteroatoms. The molecule has 50 heavy (non-hydrogen) atoms. The van der Waals surface area contributed by atoms with Crippen LogP contribution in [0.5, 0.6) is 11.8 Å². The van der Waals surface area contributed by atoms with E-state index < -0.39 is 5.82 Å². The molecule has 2 aromatic carbocycles. The number of rotatable bonds is 8. The lowest BCUT2D eigenvalue weighted by Crippen LogP contribution is -2.17. The fourth-order valence-corrected chi connectivity index (χ4v) is 7.87. The highest BCUT2D eigenvalue weighted by Crippen LogP contribution is 2.52. The van der Waals surface area contributed by atoms with E-state index in [4.69, 9.17) is 14.2 Å². The van der Waals surface area contributed by atoms with Crippen LogP contribution in [0.1, 0.15) is 105 Å². The molecule has 2 atom stereocenters. The predicted octanol–water partition coefficient (Wildman–Crippen LogP) is 9.66. The summed E-state index contributed by atoms with van der Waals surface area (Å²) >= 11 is 0. The van der Waals surface area contributed by atoms with Gasteiger partial charge in [-0.2, -0.15) is 0 Å². The third-order valence-electron chi connectivity index (χ3n) is 10.7. The average Bonchev–Trinajstić information content (AvgIpc) is 3.67. The number of aliphatic hydroxyl groups excluding tert-OH is 1. The van der Waals surface area contributed by atoms with Gasteiger partial charge in [0.05, 0.1) is 45.9 Å². The highest BCUT2D eigenvalue weighted by atomic mass is 19.1. The van der Waals surface area contributed by atoms with E-state index in [1.54, 1.807) is 24.3 Å². The van der Waals surface area contributed by atoms with Crippen molar-refractivity contribution < 1.29 is 32.9 Å². The highest BCUT2D eigenvalue weighted by molar-refractivity contribution is 5.90. The fourth-order valence-electron chi connectivity index (χ4n) is 7.87. The van der Waals surface area contributed by atoms with Crippen LogP contribution in [0.3, 0.4) is 0 Å². The molecule has 0 spiro atoms. The van der Waals surface area contributed by atoms with Gasteiger partial charge in [-0.1, -0.05) is 64.8 Å². The van der Waals surface area contributed by atoms with E-state index in [2.05, 4.69) is 37.7 Å². The average molecular weight is 687 g/mol. The highest BCUT2D eigenvalue weighted by Gasteiger charge is 2.38. The molecule has 266 valence electrons. The Labute approximate surface area is 294 Å². The molecule has 2 aliphatic carbocycles. The summed E-state index contributed by atoms with van der Waals surface area (Å²) in [6, 6.07) is 14.4. The molecule has 2 fully saturated rings. The largest absolute Gasteiger partial charge is 0.481 e. The Hall–Kier alpha value is -4.37. The molecular formula is C41H48F2N2O5. The summed E-state index contributed by atoms with van der Waals surface area (Å²) in [4.78, 5) is 19.9. The number of ether oxygens (including phenoxy) is 3. The smallest absolute Gasteiger partial charge is 0.337 e. The second kappa shape index (κ2) is 15.3. The first-order valence-electron chi connectivity index (χ1n) is 17.2. The second-order valence-corrected chi connectivity index (χ2v) is 14.7. The number of methoxy groups -OCH3 is 3. The number of hydrogen-bond acceptors (Lipinski definition) is 7. The van der Waals surface area contributed by atoms with Crippen LogP contribution >= 0.6 is 0 Å². The standard InChI is InChI=1S/C21H24FNO3.C20H24FNO2/c1-21(2)9-5-6-17(21)15-10-13(20(24)26-4)7-8-14(15)16-11-19(25-3)23-12-18(16)22;1-20(2)8-4-5-17(20)15-9-13(12-23)6-7-14(15)16-10-19(24-3)22-11-18(16)21/h7-8,10-12,17H,5-6,9H2,1-4H3;6-7,9-11,17,23H,4-5,8,12H2,1-3H3/t2*17-/m00/s1. The van der Waals surface area contributed by atoms with Crippen LogP contribution in [0.2, 0.25) is 0 Å². The summed E-state index contributed by atoms with van der Waals surface area (Å²) in [6.07, 6.45) is 9.01. The summed E-state index contributed by atoms with van der Waals surface area (Å²) in [6.45, 7) is 8.97. The minimum Gasteiger partial charge on any atom is -0.481 e. The van der Waals surface area contributed by atoms with Gasteiger partial charge in [0.25, 0.3) is 0 Å². The molecule has 0 bridgehead atoms. The minimum absolute atomic E-state index is 0.0113. The molecule has 2 saturated carbocycles. The number of pyridine rings is 2. The van der Waals surface area contributed by atoms with Gasteiger partial charge >= 0.3 is 5.97 Å². The Morgan fingerprint density at radius 1 is 0.740 bits per heavy atom. The van der Waals surface area contributed by atoms with Crippen molar-refractivity contribution in [1.82, 2.24) is 9.97 Å². The van der Waals surface area contributed by atoms with Crippen LogP contribution < -0.4 is 9.47 Å². The fraction of sp³-hybridized carbons (Fsp3) is 0.439. The lowest BCUT2D eigenvalue weighted by molar-refractivity contribution is 0.0600. The molecule has 0 radical (unpaired) electrons. The number of nitrogens with zero attached hydrogens (tertiary/aromatic N) is 2. The Morgan fingerprint density at radius 3 is 1.64 bits per heavy atom. The van der Waals surface area contributed by atoms with Crippen molar-refractivity contribution >= 4 is 5.97 Å². The number of benzene rings is 2. The maximum Gasteiger partial charge on any atom is 0.337 e. The van der Waals surface area contributed by atoms with Crippen LogP contribution in [0.15, 0.2) is 60.9 Å². The van der Waals surface area contributed by atoms with Crippen molar-refractivity contribution in [1.29, 1.82) is 0 Å². The number of aromatic nitrogens is 2. The van der Waals surface area contributed by atoms with E-state index in [0.29, 0.717) is 34.4 Å². The zero-order chi connectivity index (χ0) is 36.2. The summed E-state index contributed by atoms with van der Waals surface area (Å²) in [5.74, 6) is 0.183. The lowest BCUT2D eigenvalue weighted by atomic mass is 9.75. The molecule has 0 amide bonds. The number of hydrogen-bond donors (Lipinski definition) is 1. The van der Waals surface area contributed by atoms with E-state index in [-0.39, 0.29) is 35.1 Å². The predicted molar refractivity (Wildman–Crippen MR) is 190 cm³/mol. The van der Waals surface area contributed by atoms with Gasteiger partial charge < -0.3 is 19.3 Å². The Kier molecular flexibility index (Phi) is 11.3. The molecule has 2 aromatic heterocycles. The number of esters is 1. The topological polar surface area (TPSA) is 90.8 Å². The molecule has 1 N–H and O–H groups in total. The van der Waals surface area contributed by atoms with Crippen molar-refractivity contribution in [3.63, 3.8) is 0 Å². The van der Waals surface area contributed by atoms with E-state index >= 15 is 0 Å². The second-order valence-electron chi connectivity index (χ2n) is 14.7. The number of carbonyl (C=O) groups is 1. The Morgan fingerprint density at radius 2 is 1.22 bits per heavy atom. The van der Waals surface area contributed by atoms with Gasteiger partial charge in [0, 0.05) is 23.3 Å².